The molecule has 5 aromatic rings. The first-order valence-electron chi connectivity index (χ1n) is 18.2. The van der Waals surface area contributed by atoms with E-state index in [1.807, 2.05) is 29.2 Å². The van der Waals surface area contributed by atoms with Crippen molar-refractivity contribution in [2.45, 2.75) is 84.1 Å². The van der Waals surface area contributed by atoms with Gasteiger partial charge in [0, 0.05) is 31.6 Å². The van der Waals surface area contributed by atoms with E-state index in [-0.39, 0.29) is 17.2 Å². The van der Waals surface area contributed by atoms with E-state index in [1.54, 1.807) is 12.1 Å². The number of fused-ring (bicyclic) bond motifs is 2. The van der Waals surface area contributed by atoms with E-state index in [2.05, 4.69) is 65.6 Å². The average molecular weight is 728 g/mol. The summed E-state index contributed by atoms with van der Waals surface area (Å²) in [4.78, 5) is 65.6. The maximum Gasteiger partial charge on any atom is 0.417 e. The molecule has 53 heavy (non-hydrogen) atoms. The molecular formula is C40H49N5O8. The van der Waals surface area contributed by atoms with E-state index >= 15 is 0 Å². The Kier molecular flexibility index (Phi) is 12.6. The van der Waals surface area contributed by atoms with Gasteiger partial charge in [0.25, 0.3) is 0 Å². The minimum absolute atomic E-state index is 0.0139. The van der Waals surface area contributed by atoms with Crippen LogP contribution in [0.3, 0.4) is 0 Å². The molecule has 1 aliphatic heterocycles. The van der Waals surface area contributed by atoms with Crippen LogP contribution in [0.1, 0.15) is 93.6 Å². The highest BCUT2D eigenvalue weighted by atomic mass is 16.4. The molecule has 1 saturated heterocycles. The smallest absolute Gasteiger partial charge is 0.417 e. The van der Waals surface area contributed by atoms with Gasteiger partial charge in [-0.3, -0.25) is 14.8 Å². The zero-order valence-corrected chi connectivity index (χ0v) is 30.6. The van der Waals surface area contributed by atoms with Crippen LogP contribution >= 0.6 is 0 Å². The summed E-state index contributed by atoms with van der Waals surface area (Å²) in [5.41, 5.74) is 4.26. The van der Waals surface area contributed by atoms with Crippen molar-refractivity contribution in [3.8, 4) is 0 Å². The molecule has 13 nitrogen and oxygen atoms in total. The van der Waals surface area contributed by atoms with E-state index in [0.717, 1.165) is 44.1 Å². The van der Waals surface area contributed by atoms with Crippen LogP contribution in [0.2, 0.25) is 0 Å². The second-order valence-corrected chi connectivity index (χ2v) is 14.5. The van der Waals surface area contributed by atoms with E-state index in [1.165, 1.54) is 11.6 Å². The SMILES string of the molecule is CC(C)(C)C1(c2ccc3[nH]c(=O)oc3c2)CCCCN1C(=O)NCCCCc1ccccc1.O=C(O)NCCCCC(=O)c1ccc2[nH]c(=O)oc2c1. The zero-order valence-electron chi connectivity index (χ0n) is 30.6. The molecule has 282 valence electrons. The molecule has 0 radical (unpaired) electrons. The summed E-state index contributed by atoms with van der Waals surface area (Å²) >= 11 is 0. The van der Waals surface area contributed by atoms with Gasteiger partial charge in [-0.05, 0) is 98.2 Å². The Morgan fingerprint density at radius 2 is 1.45 bits per heavy atom. The fraction of sp³-hybridized carbons (Fsp3) is 0.425. The van der Waals surface area contributed by atoms with Gasteiger partial charge in [-0.25, -0.2) is 19.2 Å². The van der Waals surface area contributed by atoms with Crippen molar-refractivity contribution in [1.29, 1.82) is 0 Å². The highest BCUT2D eigenvalue weighted by molar-refractivity contribution is 5.98. The summed E-state index contributed by atoms with van der Waals surface area (Å²) in [6.45, 7) is 8.27. The second-order valence-electron chi connectivity index (χ2n) is 14.5. The van der Waals surface area contributed by atoms with Gasteiger partial charge in [0.1, 0.15) is 0 Å². The quantitative estimate of drug-likeness (QED) is 0.0652. The fourth-order valence-electron chi connectivity index (χ4n) is 7.23. The third-order valence-corrected chi connectivity index (χ3v) is 9.88. The number of aryl methyl sites for hydroxylation is 1. The summed E-state index contributed by atoms with van der Waals surface area (Å²) in [5, 5.41) is 13.8. The molecule has 1 fully saturated rings. The molecule has 13 heteroatoms. The Morgan fingerprint density at radius 1 is 0.811 bits per heavy atom. The molecule has 1 aliphatic rings. The predicted molar refractivity (Wildman–Crippen MR) is 202 cm³/mol. The first-order chi connectivity index (χ1) is 25.4. The molecule has 1 atom stereocenters. The van der Waals surface area contributed by atoms with Crippen LogP contribution in [0.25, 0.3) is 22.2 Å². The summed E-state index contributed by atoms with van der Waals surface area (Å²) in [7, 11) is 0. The number of nitrogens with zero attached hydrogens (tertiary/aromatic N) is 1. The number of aromatic nitrogens is 2. The maximum atomic E-state index is 13.5. The Morgan fingerprint density at radius 3 is 2.13 bits per heavy atom. The third kappa shape index (κ3) is 9.65. The van der Waals surface area contributed by atoms with Gasteiger partial charge < -0.3 is 29.5 Å². The molecule has 0 aliphatic carbocycles. The Hall–Kier alpha value is -5.59. The number of Topliss-reactive ketones (excluding diaryl/α,β-unsaturated/α-hetero) is 1. The van der Waals surface area contributed by atoms with Gasteiger partial charge in [0.05, 0.1) is 16.6 Å². The van der Waals surface area contributed by atoms with Crippen LogP contribution in [0, 0.1) is 5.41 Å². The van der Waals surface area contributed by atoms with Crippen LogP contribution in [-0.2, 0) is 12.0 Å². The standard InChI is InChI=1S/C27H35N3O3.C13H14N2O5/c1-26(2,3)27(21-14-15-22-23(19-21)33-25(32)29-22)16-8-10-18-30(27)24(31)28-17-9-7-13-20-11-5-4-6-12-20;16-10(3-1-2-6-14-12(17)18)8-4-5-9-11(7-8)20-13(19)15-9/h4-6,11-12,14-15,19H,7-10,13,16-18H2,1-3H3,(H,28,31)(H,29,32);4-5,7,14H,1-3,6H2,(H,15,19)(H,17,18). The summed E-state index contributed by atoms with van der Waals surface area (Å²) < 4.78 is 10.2. The number of likely N-dealkylation sites (tertiary alicyclic amines) is 1. The van der Waals surface area contributed by atoms with Gasteiger partial charge in [-0.15, -0.1) is 0 Å². The predicted octanol–water partition coefficient (Wildman–Crippen LogP) is 7.32. The number of aromatic amines is 2. The lowest BCUT2D eigenvalue weighted by Crippen LogP contribution is -2.61. The van der Waals surface area contributed by atoms with Gasteiger partial charge in [0.15, 0.2) is 16.9 Å². The lowest BCUT2D eigenvalue weighted by molar-refractivity contribution is -0.0135. The molecular weight excluding hydrogens is 678 g/mol. The number of ketones is 1. The number of carbonyl (C=O) groups is 3. The maximum absolute atomic E-state index is 13.5. The molecule has 5 N–H and O–H groups in total. The number of rotatable bonds is 12. The molecule has 3 heterocycles. The molecule has 1 unspecified atom stereocenters. The van der Waals surface area contributed by atoms with Gasteiger partial charge >= 0.3 is 23.6 Å². The summed E-state index contributed by atoms with van der Waals surface area (Å²) in [6, 6.07) is 21.1. The number of unbranched alkanes of at least 4 members (excludes halogenated alkanes) is 2. The third-order valence-electron chi connectivity index (χ3n) is 9.88. The number of carboxylic acid groups (broad SMARTS) is 1. The molecule has 0 spiro atoms. The molecule has 3 aromatic carbocycles. The number of oxazole rings is 2. The number of benzene rings is 3. The Labute approximate surface area is 307 Å². The van der Waals surface area contributed by atoms with Crippen molar-refractivity contribution in [3.63, 3.8) is 0 Å². The number of hydrogen-bond acceptors (Lipinski definition) is 7. The van der Waals surface area contributed by atoms with E-state index in [4.69, 9.17) is 13.9 Å². The van der Waals surface area contributed by atoms with Crippen molar-refractivity contribution in [2.24, 2.45) is 5.41 Å². The minimum atomic E-state index is -1.07. The van der Waals surface area contributed by atoms with Gasteiger partial charge in [-0.2, -0.15) is 0 Å². The summed E-state index contributed by atoms with van der Waals surface area (Å²) in [5.74, 6) is -1.07. The molecule has 3 amide bonds. The normalized spacial score (nSPS) is 15.9. The lowest BCUT2D eigenvalue weighted by Gasteiger charge is -2.55. The van der Waals surface area contributed by atoms with Crippen molar-refractivity contribution in [2.75, 3.05) is 19.6 Å². The van der Waals surface area contributed by atoms with Gasteiger partial charge in [-0.1, -0.05) is 57.2 Å². The van der Waals surface area contributed by atoms with Crippen LogP contribution in [0.15, 0.2) is 85.2 Å². The number of carbonyl (C=O) groups excluding carboxylic acids is 2. The monoisotopic (exact) mass is 727 g/mol. The molecule has 6 rings (SSSR count). The summed E-state index contributed by atoms with van der Waals surface area (Å²) in [6.07, 6.45) is 6.36. The number of amides is 3. The average Bonchev–Trinajstić information content (AvgIpc) is 3.70. The minimum Gasteiger partial charge on any atom is -0.465 e. The Bertz CT molecular complexity index is 2120. The molecule has 0 bridgehead atoms. The number of piperidine rings is 1. The highest BCUT2D eigenvalue weighted by Gasteiger charge is 2.51. The topological polar surface area (TPSA) is 191 Å². The number of nitrogens with one attached hydrogen (secondary N) is 4. The van der Waals surface area contributed by atoms with Gasteiger partial charge in [0.2, 0.25) is 0 Å². The van der Waals surface area contributed by atoms with Crippen LogP contribution in [-0.4, -0.2) is 57.5 Å². The van der Waals surface area contributed by atoms with Crippen LogP contribution in [0.4, 0.5) is 9.59 Å². The van der Waals surface area contributed by atoms with Crippen LogP contribution < -0.4 is 22.1 Å². The van der Waals surface area contributed by atoms with E-state index in [9.17, 15) is 24.0 Å². The van der Waals surface area contributed by atoms with Crippen molar-refractivity contribution < 1.29 is 28.3 Å². The first kappa shape index (κ1) is 38.6. The largest absolute Gasteiger partial charge is 0.465 e. The molecule has 2 aromatic heterocycles. The number of hydrogen-bond donors (Lipinski definition) is 5. The van der Waals surface area contributed by atoms with Crippen molar-refractivity contribution in [1.82, 2.24) is 25.5 Å². The lowest BCUT2D eigenvalue weighted by atomic mass is 9.64. The second kappa shape index (κ2) is 17.3. The van der Waals surface area contributed by atoms with E-state index < -0.39 is 23.1 Å². The molecule has 0 saturated carbocycles. The highest BCUT2D eigenvalue weighted by Crippen LogP contribution is 2.50. The Balaban J connectivity index is 0.000000231. The van der Waals surface area contributed by atoms with Crippen LogP contribution in [0.5, 0.6) is 0 Å². The van der Waals surface area contributed by atoms with E-state index in [0.29, 0.717) is 66.7 Å². The fourth-order valence-corrected chi connectivity index (χ4v) is 7.23. The number of H-pyrrole nitrogens is 2. The number of urea groups is 1. The first-order valence-corrected chi connectivity index (χ1v) is 18.2. The van der Waals surface area contributed by atoms with Crippen molar-refractivity contribution in [3.05, 3.63) is 105 Å². The zero-order chi connectivity index (χ0) is 38.0. The van der Waals surface area contributed by atoms with Crippen molar-refractivity contribution >= 4 is 40.1 Å².